The summed E-state index contributed by atoms with van der Waals surface area (Å²) in [4.78, 5) is 22.5. The number of carboxylic acids is 1. The number of nitrogens with one attached hydrogen (secondary N) is 1. The highest BCUT2D eigenvalue weighted by molar-refractivity contribution is 5.87. The number of aliphatic carboxylic acids is 1. The third-order valence-electron chi connectivity index (χ3n) is 2.73. The minimum Gasteiger partial charge on any atom is -0.480 e. The lowest BCUT2D eigenvalue weighted by molar-refractivity contribution is -0.148. The highest BCUT2D eigenvalue weighted by Gasteiger charge is 2.48. The fourth-order valence-corrected chi connectivity index (χ4v) is 1.56. The molecule has 6 nitrogen and oxygen atoms in total. The minimum atomic E-state index is -1.16. The lowest BCUT2D eigenvalue weighted by Gasteiger charge is -2.26. The Morgan fingerprint density at radius 3 is 2.62 bits per heavy atom. The van der Waals surface area contributed by atoms with Gasteiger partial charge < -0.3 is 20.9 Å². The van der Waals surface area contributed by atoms with Crippen LogP contribution in [0.2, 0.25) is 0 Å². The molecule has 0 heterocycles. The molecule has 92 valence electrons. The number of carbonyl (C=O) groups excluding carboxylic acids is 1. The summed E-state index contributed by atoms with van der Waals surface area (Å²) in [6.45, 7) is 2.02. The largest absolute Gasteiger partial charge is 0.480 e. The summed E-state index contributed by atoms with van der Waals surface area (Å²) in [7, 11) is 0. The van der Waals surface area contributed by atoms with Gasteiger partial charge >= 0.3 is 5.97 Å². The second-order valence-electron chi connectivity index (χ2n) is 4.17. The Bertz CT molecular complexity index is 278. The predicted molar refractivity (Wildman–Crippen MR) is 56.8 cm³/mol. The Morgan fingerprint density at radius 1 is 1.56 bits per heavy atom. The van der Waals surface area contributed by atoms with E-state index in [-0.39, 0.29) is 12.5 Å². The number of nitrogens with two attached hydrogens (primary N) is 1. The Morgan fingerprint density at radius 2 is 2.19 bits per heavy atom. The van der Waals surface area contributed by atoms with E-state index in [2.05, 4.69) is 5.32 Å². The lowest BCUT2D eigenvalue weighted by Crippen LogP contribution is -2.54. The number of ether oxygens (including phenoxy) is 1. The summed E-state index contributed by atoms with van der Waals surface area (Å²) >= 11 is 0. The highest BCUT2D eigenvalue weighted by atomic mass is 16.5. The van der Waals surface area contributed by atoms with Crippen molar-refractivity contribution < 1.29 is 19.4 Å². The van der Waals surface area contributed by atoms with Crippen LogP contribution < -0.4 is 11.1 Å². The van der Waals surface area contributed by atoms with E-state index in [0.29, 0.717) is 13.2 Å². The monoisotopic (exact) mass is 230 g/mol. The van der Waals surface area contributed by atoms with Crippen LogP contribution in [-0.4, -0.2) is 42.3 Å². The van der Waals surface area contributed by atoms with Gasteiger partial charge in [0.1, 0.15) is 12.1 Å². The molecule has 16 heavy (non-hydrogen) atoms. The first kappa shape index (κ1) is 12.9. The normalized spacial score (nSPS) is 18.9. The molecule has 1 aliphatic carbocycles. The molecule has 0 radical (unpaired) electrons. The van der Waals surface area contributed by atoms with Crippen molar-refractivity contribution >= 4 is 11.9 Å². The van der Waals surface area contributed by atoms with Crippen molar-refractivity contribution in [1.82, 2.24) is 5.32 Å². The van der Waals surface area contributed by atoms with Gasteiger partial charge in [0, 0.05) is 6.54 Å². The first-order valence-corrected chi connectivity index (χ1v) is 5.33. The first-order valence-electron chi connectivity index (χ1n) is 5.33. The van der Waals surface area contributed by atoms with Gasteiger partial charge in [-0.2, -0.15) is 0 Å². The zero-order valence-corrected chi connectivity index (χ0v) is 9.36. The second kappa shape index (κ2) is 5.27. The molecule has 4 N–H and O–H groups in total. The number of amides is 1. The summed E-state index contributed by atoms with van der Waals surface area (Å²) < 4.78 is 4.94. The highest BCUT2D eigenvalue weighted by Crippen LogP contribution is 2.39. The number of rotatable bonds is 7. The molecule has 1 rings (SSSR count). The number of hydrogen-bond acceptors (Lipinski definition) is 4. The van der Waals surface area contributed by atoms with Gasteiger partial charge in [0.25, 0.3) is 0 Å². The molecule has 0 aromatic heterocycles. The Balaban J connectivity index is 2.43. The number of carboxylic acid groups (broad SMARTS) is 1. The Labute approximate surface area is 94.1 Å². The maximum absolute atomic E-state index is 11.4. The molecule has 1 unspecified atom stereocenters. The number of hydrogen-bond donors (Lipinski definition) is 3. The molecule has 1 fully saturated rings. The maximum Gasteiger partial charge on any atom is 0.329 e. The fraction of sp³-hybridized carbons (Fsp3) is 0.800. The summed E-state index contributed by atoms with van der Waals surface area (Å²) in [5.41, 5.74) is 4.03. The van der Waals surface area contributed by atoms with Crippen LogP contribution in [0.25, 0.3) is 0 Å². The molecular formula is C10H18N2O4. The van der Waals surface area contributed by atoms with E-state index in [1.165, 1.54) is 6.92 Å². The van der Waals surface area contributed by atoms with Crippen LogP contribution in [0.3, 0.4) is 0 Å². The minimum absolute atomic E-state index is 0.0310. The fourth-order valence-electron chi connectivity index (χ4n) is 1.56. The number of carbonyl (C=O) groups is 2. The zero-order chi connectivity index (χ0) is 12.2. The first-order chi connectivity index (χ1) is 7.50. The van der Waals surface area contributed by atoms with Crippen molar-refractivity contribution in [2.45, 2.75) is 25.3 Å². The van der Waals surface area contributed by atoms with E-state index in [1.807, 2.05) is 0 Å². The van der Waals surface area contributed by atoms with Crippen molar-refractivity contribution in [3.05, 3.63) is 0 Å². The van der Waals surface area contributed by atoms with Gasteiger partial charge in [-0.15, -0.1) is 0 Å². The van der Waals surface area contributed by atoms with Crippen molar-refractivity contribution in [1.29, 1.82) is 0 Å². The molecule has 1 amide bonds. The molecule has 0 saturated heterocycles. The van der Waals surface area contributed by atoms with E-state index in [9.17, 15) is 9.59 Å². The molecule has 0 aromatic carbocycles. The molecule has 0 spiro atoms. The van der Waals surface area contributed by atoms with E-state index >= 15 is 0 Å². The third-order valence-corrected chi connectivity index (χ3v) is 2.73. The van der Waals surface area contributed by atoms with Crippen LogP contribution in [0.4, 0.5) is 0 Å². The van der Waals surface area contributed by atoms with Crippen molar-refractivity contribution in [2.75, 3.05) is 19.8 Å². The Hall–Kier alpha value is -1.14. The molecule has 1 aliphatic rings. The van der Waals surface area contributed by atoms with Crippen LogP contribution in [0, 0.1) is 5.92 Å². The van der Waals surface area contributed by atoms with Crippen LogP contribution in [0.5, 0.6) is 0 Å². The smallest absolute Gasteiger partial charge is 0.329 e. The van der Waals surface area contributed by atoms with Crippen molar-refractivity contribution in [3.8, 4) is 0 Å². The zero-order valence-electron chi connectivity index (χ0n) is 9.36. The molecule has 6 heteroatoms. The van der Waals surface area contributed by atoms with Gasteiger partial charge in [-0.05, 0) is 25.7 Å². The van der Waals surface area contributed by atoms with Crippen LogP contribution in [0.15, 0.2) is 0 Å². The van der Waals surface area contributed by atoms with Gasteiger partial charge in [-0.1, -0.05) is 0 Å². The SMILES string of the molecule is CC(NC(=O)COCCN)(C(=O)O)C1CC1. The van der Waals surface area contributed by atoms with Crippen molar-refractivity contribution in [3.63, 3.8) is 0 Å². The van der Waals surface area contributed by atoms with Gasteiger partial charge in [-0.25, -0.2) is 4.79 Å². The molecular weight excluding hydrogens is 212 g/mol. The van der Waals surface area contributed by atoms with E-state index < -0.39 is 17.4 Å². The molecule has 0 bridgehead atoms. The topological polar surface area (TPSA) is 102 Å². The van der Waals surface area contributed by atoms with Crippen molar-refractivity contribution in [2.24, 2.45) is 11.7 Å². The molecule has 0 aliphatic heterocycles. The van der Waals surface area contributed by atoms with Gasteiger partial charge in [0.15, 0.2) is 0 Å². The van der Waals surface area contributed by atoms with Crippen LogP contribution >= 0.6 is 0 Å². The second-order valence-corrected chi connectivity index (χ2v) is 4.17. The summed E-state index contributed by atoms with van der Waals surface area (Å²) in [6, 6.07) is 0. The standard InChI is InChI=1S/C10H18N2O4/c1-10(9(14)15,7-2-3-7)12-8(13)6-16-5-4-11/h7H,2-6,11H2,1H3,(H,12,13)(H,14,15). The van der Waals surface area contributed by atoms with Gasteiger partial charge in [0.2, 0.25) is 5.91 Å². The maximum atomic E-state index is 11.4. The summed E-state index contributed by atoms with van der Waals surface area (Å²) in [6.07, 6.45) is 1.68. The Kier molecular flexibility index (Phi) is 4.26. The quantitative estimate of drug-likeness (QED) is 0.503. The van der Waals surface area contributed by atoms with E-state index in [4.69, 9.17) is 15.6 Å². The molecule has 1 atom stereocenters. The third kappa shape index (κ3) is 3.18. The summed E-state index contributed by atoms with van der Waals surface area (Å²) in [5.74, 6) is -1.38. The van der Waals surface area contributed by atoms with Crippen LogP contribution in [-0.2, 0) is 14.3 Å². The van der Waals surface area contributed by atoms with Gasteiger partial charge in [-0.3, -0.25) is 4.79 Å². The molecule has 0 aromatic rings. The van der Waals surface area contributed by atoms with Gasteiger partial charge in [0.05, 0.1) is 6.61 Å². The average molecular weight is 230 g/mol. The lowest BCUT2D eigenvalue weighted by atomic mass is 9.96. The molecule has 1 saturated carbocycles. The van der Waals surface area contributed by atoms with Crippen LogP contribution in [0.1, 0.15) is 19.8 Å². The predicted octanol–water partition coefficient (Wildman–Crippen LogP) is -0.669. The van der Waals surface area contributed by atoms with E-state index in [0.717, 1.165) is 12.8 Å². The average Bonchev–Trinajstić information content (AvgIpc) is 3.00. The summed E-state index contributed by atoms with van der Waals surface area (Å²) in [5, 5.41) is 11.6. The van der Waals surface area contributed by atoms with E-state index in [1.54, 1.807) is 0 Å².